The molecule has 1 aliphatic rings. The van der Waals surface area contributed by atoms with E-state index < -0.39 is 0 Å². The highest BCUT2D eigenvalue weighted by Gasteiger charge is 2.17. The molecule has 1 aromatic carbocycles. The molecule has 1 aromatic rings. The van der Waals surface area contributed by atoms with E-state index in [9.17, 15) is 4.79 Å². The summed E-state index contributed by atoms with van der Waals surface area (Å²) in [7, 11) is 0. The number of hydrogen-bond donors (Lipinski definition) is 2. The van der Waals surface area contributed by atoms with Crippen molar-refractivity contribution in [2.75, 3.05) is 38.0 Å². The molecule has 0 atom stereocenters. The Morgan fingerprint density at radius 3 is 2.57 bits per heavy atom. The number of likely N-dealkylation sites (N-methyl/N-ethyl adjacent to an activating group) is 1. The molecule has 0 radical (unpaired) electrons. The lowest BCUT2D eigenvalue weighted by Crippen LogP contribution is -2.39. The zero-order valence-electron chi connectivity index (χ0n) is 13.2. The summed E-state index contributed by atoms with van der Waals surface area (Å²) in [4.78, 5) is 14.4. The maximum Gasteiger partial charge on any atom is 0.238 e. The zero-order chi connectivity index (χ0) is 15.1. The second-order valence-corrected chi connectivity index (χ2v) is 5.94. The molecule has 21 heavy (non-hydrogen) atoms. The number of amides is 1. The third-order valence-electron chi connectivity index (χ3n) is 4.12. The summed E-state index contributed by atoms with van der Waals surface area (Å²) in [6, 6.07) is 7.94. The second kappa shape index (κ2) is 8.15. The molecule has 4 nitrogen and oxygen atoms in total. The van der Waals surface area contributed by atoms with E-state index in [0.29, 0.717) is 6.54 Å². The van der Waals surface area contributed by atoms with Crippen LogP contribution in [-0.4, -0.2) is 43.5 Å². The summed E-state index contributed by atoms with van der Waals surface area (Å²) in [6.45, 7) is 8.82. The standard InChI is InChI=1S/C17H27N3O/c1-3-20(12-15-8-10-18-11-9-15)13-17(21)19-16-6-4-14(2)5-7-16/h4-7,15,18H,3,8-13H2,1-2H3,(H,19,21). The topological polar surface area (TPSA) is 44.4 Å². The predicted octanol–water partition coefficient (Wildman–Crippen LogP) is 2.26. The van der Waals surface area contributed by atoms with Gasteiger partial charge in [-0.1, -0.05) is 24.6 Å². The lowest BCUT2D eigenvalue weighted by Gasteiger charge is -2.28. The van der Waals surface area contributed by atoms with Gasteiger partial charge in [0.2, 0.25) is 5.91 Å². The molecule has 0 spiro atoms. The SMILES string of the molecule is CCN(CC(=O)Nc1ccc(C)cc1)CC1CCNCC1. The summed E-state index contributed by atoms with van der Waals surface area (Å²) >= 11 is 0. The molecule has 2 rings (SSSR count). The van der Waals surface area contributed by atoms with Gasteiger partial charge in [0, 0.05) is 12.2 Å². The van der Waals surface area contributed by atoms with Crippen molar-refractivity contribution >= 4 is 11.6 Å². The van der Waals surface area contributed by atoms with E-state index in [4.69, 9.17) is 0 Å². The van der Waals surface area contributed by atoms with E-state index in [0.717, 1.165) is 37.8 Å². The van der Waals surface area contributed by atoms with Gasteiger partial charge in [-0.2, -0.15) is 0 Å². The Bertz CT molecular complexity index is 438. The van der Waals surface area contributed by atoms with Gasteiger partial charge in [-0.05, 0) is 57.5 Å². The molecule has 4 heteroatoms. The maximum absolute atomic E-state index is 12.1. The molecule has 0 saturated carbocycles. The number of aryl methyl sites for hydroxylation is 1. The molecule has 1 heterocycles. The van der Waals surface area contributed by atoms with Crippen LogP contribution >= 0.6 is 0 Å². The smallest absolute Gasteiger partial charge is 0.238 e. The quantitative estimate of drug-likeness (QED) is 0.844. The number of nitrogens with one attached hydrogen (secondary N) is 2. The number of rotatable bonds is 6. The van der Waals surface area contributed by atoms with Gasteiger partial charge in [-0.25, -0.2) is 0 Å². The number of anilines is 1. The zero-order valence-corrected chi connectivity index (χ0v) is 13.2. The Hall–Kier alpha value is -1.39. The highest BCUT2D eigenvalue weighted by molar-refractivity contribution is 5.92. The largest absolute Gasteiger partial charge is 0.325 e. The minimum absolute atomic E-state index is 0.0784. The van der Waals surface area contributed by atoms with Gasteiger partial charge in [0.25, 0.3) is 0 Å². The predicted molar refractivity (Wildman–Crippen MR) is 87.5 cm³/mol. The van der Waals surface area contributed by atoms with E-state index in [-0.39, 0.29) is 5.91 Å². The van der Waals surface area contributed by atoms with Crippen LogP contribution in [0.3, 0.4) is 0 Å². The van der Waals surface area contributed by atoms with Crippen molar-refractivity contribution in [1.82, 2.24) is 10.2 Å². The number of benzene rings is 1. The third-order valence-corrected chi connectivity index (χ3v) is 4.12. The second-order valence-electron chi connectivity index (χ2n) is 5.94. The van der Waals surface area contributed by atoms with Gasteiger partial charge in [0.05, 0.1) is 6.54 Å². The summed E-state index contributed by atoms with van der Waals surface area (Å²) in [5.41, 5.74) is 2.08. The molecule has 0 aromatic heterocycles. The highest BCUT2D eigenvalue weighted by atomic mass is 16.2. The van der Waals surface area contributed by atoms with Crippen LogP contribution in [0.1, 0.15) is 25.3 Å². The average Bonchev–Trinajstić information content (AvgIpc) is 2.50. The number of carbonyl (C=O) groups excluding carboxylic acids is 1. The van der Waals surface area contributed by atoms with Crippen LogP contribution in [0.4, 0.5) is 5.69 Å². The molecule has 2 N–H and O–H groups in total. The number of hydrogen-bond acceptors (Lipinski definition) is 3. The molecule has 1 fully saturated rings. The van der Waals surface area contributed by atoms with Crippen LogP contribution in [-0.2, 0) is 4.79 Å². The van der Waals surface area contributed by atoms with Gasteiger partial charge >= 0.3 is 0 Å². The van der Waals surface area contributed by atoms with Crippen LogP contribution in [0.5, 0.6) is 0 Å². The van der Waals surface area contributed by atoms with E-state index >= 15 is 0 Å². The fraction of sp³-hybridized carbons (Fsp3) is 0.588. The van der Waals surface area contributed by atoms with Gasteiger partial charge in [0.15, 0.2) is 0 Å². The van der Waals surface area contributed by atoms with Crippen molar-refractivity contribution < 1.29 is 4.79 Å². The van der Waals surface area contributed by atoms with Gasteiger partial charge in [0.1, 0.15) is 0 Å². The first-order valence-electron chi connectivity index (χ1n) is 7.97. The van der Waals surface area contributed by atoms with Crippen LogP contribution in [0, 0.1) is 12.8 Å². The summed E-state index contributed by atoms with van der Waals surface area (Å²) < 4.78 is 0. The van der Waals surface area contributed by atoms with Gasteiger partial charge in [-0.15, -0.1) is 0 Å². The number of carbonyl (C=O) groups is 1. The van der Waals surface area contributed by atoms with Crippen LogP contribution in [0.2, 0.25) is 0 Å². The fourth-order valence-corrected chi connectivity index (χ4v) is 2.78. The molecule has 0 bridgehead atoms. The summed E-state index contributed by atoms with van der Waals surface area (Å²) in [6.07, 6.45) is 2.44. The van der Waals surface area contributed by atoms with E-state index in [1.807, 2.05) is 31.2 Å². The number of nitrogens with zero attached hydrogens (tertiary/aromatic N) is 1. The van der Waals surface area contributed by atoms with Crippen molar-refractivity contribution in [3.05, 3.63) is 29.8 Å². The van der Waals surface area contributed by atoms with Crippen molar-refractivity contribution in [1.29, 1.82) is 0 Å². The molecule has 1 saturated heterocycles. The fourth-order valence-electron chi connectivity index (χ4n) is 2.78. The first kappa shape index (κ1) is 16.0. The Labute approximate surface area is 127 Å². The van der Waals surface area contributed by atoms with Crippen molar-refractivity contribution in [2.24, 2.45) is 5.92 Å². The highest BCUT2D eigenvalue weighted by Crippen LogP contribution is 2.13. The molecule has 0 aliphatic carbocycles. The Kier molecular flexibility index (Phi) is 6.21. The van der Waals surface area contributed by atoms with Crippen LogP contribution in [0.15, 0.2) is 24.3 Å². The molecule has 116 valence electrons. The first-order chi connectivity index (χ1) is 10.2. The van der Waals surface area contributed by atoms with Gasteiger partial charge < -0.3 is 10.6 Å². The van der Waals surface area contributed by atoms with Crippen molar-refractivity contribution in [2.45, 2.75) is 26.7 Å². The lowest BCUT2D eigenvalue weighted by molar-refractivity contribution is -0.117. The Morgan fingerprint density at radius 1 is 1.29 bits per heavy atom. The van der Waals surface area contributed by atoms with E-state index in [1.165, 1.54) is 18.4 Å². The van der Waals surface area contributed by atoms with Crippen molar-refractivity contribution in [3.8, 4) is 0 Å². The minimum atomic E-state index is 0.0784. The lowest BCUT2D eigenvalue weighted by atomic mass is 9.97. The molecule has 1 amide bonds. The van der Waals surface area contributed by atoms with E-state index in [2.05, 4.69) is 22.5 Å². The Morgan fingerprint density at radius 2 is 1.95 bits per heavy atom. The monoisotopic (exact) mass is 289 g/mol. The van der Waals surface area contributed by atoms with Crippen molar-refractivity contribution in [3.63, 3.8) is 0 Å². The molecule has 1 aliphatic heterocycles. The third kappa shape index (κ3) is 5.48. The number of piperidine rings is 1. The van der Waals surface area contributed by atoms with Crippen LogP contribution < -0.4 is 10.6 Å². The first-order valence-corrected chi connectivity index (χ1v) is 7.97. The van der Waals surface area contributed by atoms with E-state index in [1.54, 1.807) is 0 Å². The summed E-state index contributed by atoms with van der Waals surface area (Å²) in [5, 5.41) is 6.36. The molecule has 0 unspecified atom stereocenters. The average molecular weight is 289 g/mol. The maximum atomic E-state index is 12.1. The Balaban J connectivity index is 1.79. The van der Waals surface area contributed by atoms with Crippen LogP contribution in [0.25, 0.3) is 0 Å². The normalized spacial score (nSPS) is 16.1. The van der Waals surface area contributed by atoms with Gasteiger partial charge in [-0.3, -0.25) is 9.69 Å². The minimum Gasteiger partial charge on any atom is -0.325 e. The summed E-state index contributed by atoms with van der Waals surface area (Å²) in [5.74, 6) is 0.799. The molecular formula is C17H27N3O. The molecular weight excluding hydrogens is 262 g/mol.